The second-order valence-corrected chi connectivity index (χ2v) is 7.04. The van der Waals surface area contributed by atoms with E-state index >= 15 is 0 Å². The average Bonchev–Trinajstić information content (AvgIpc) is 2.72. The van der Waals surface area contributed by atoms with Crippen LogP contribution >= 0.6 is 50.5 Å². The maximum atomic E-state index is 6.13. The van der Waals surface area contributed by atoms with E-state index < -0.39 is 0 Å². The van der Waals surface area contributed by atoms with Crippen molar-refractivity contribution >= 4 is 50.5 Å². The topological polar surface area (TPSA) is 50.9 Å². The molecule has 0 saturated heterocycles. The van der Waals surface area contributed by atoms with Gasteiger partial charge >= 0.3 is 0 Å². The molecule has 0 aliphatic rings. The molecule has 1 atom stereocenters. The molecule has 1 unspecified atom stereocenters. The van der Waals surface area contributed by atoms with Crippen molar-refractivity contribution in [2.75, 3.05) is 0 Å². The average molecular weight is 367 g/mol. The summed E-state index contributed by atoms with van der Waals surface area (Å²) in [5.74, 6) is 5.58. The van der Waals surface area contributed by atoms with Gasteiger partial charge in [0.05, 0.1) is 25.6 Å². The minimum atomic E-state index is -0.139. The monoisotopic (exact) mass is 365 g/mol. The molecule has 2 heterocycles. The van der Waals surface area contributed by atoms with Gasteiger partial charge in [-0.3, -0.25) is 16.3 Å². The number of aromatic nitrogens is 1. The minimum Gasteiger partial charge on any atom is -0.271 e. The van der Waals surface area contributed by atoms with Crippen LogP contribution in [0.2, 0.25) is 10.0 Å². The van der Waals surface area contributed by atoms with Crippen molar-refractivity contribution in [3.8, 4) is 0 Å². The quantitative estimate of drug-likeness (QED) is 0.636. The first kappa shape index (κ1) is 14.2. The number of nitrogens with one attached hydrogen (secondary N) is 1. The molecule has 2 aromatic heterocycles. The van der Waals surface area contributed by atoms with Crippen molar-refractivity contribution in [2.24, 2.45) is 5.84 Å². The van der Waals surface area contributed by atoms with E-state index in [9.17, 15) is 0 Å². The van der Waals surface area contributed by atoms with E-state index in [-0.39, 0.29) is 6.04 Å². The molecule has 2 rings (SSSR count). The molecule has 0 radical (unpaired) electrons. The molecule has 0 saturated carbocycles. The standard InChI is InChI=1S/C11H10BrCl2N3S/c12-10-2-1-7(18-10)4-9(17-15)11-8(14)3-6(13)5-16-11/h1-3,5,9,17H,4,15H2. The van der Waals surface area contributed by atoms with Gasteiger partial charge in [-0.25, -0.2) is 0 Å². The zero-order valence-electron chi connectivity index (χ0n) is 9.16. The molecule has 2 aromatic rings. The molecule has 0 aliphatic carbocycles. The van der Waals surface area contributed by atoms with Crippen LogP contribution in [0.3, 0.4) is 0 Å². The lowest BCUT2D eigenvalue weighted by Crippen LogP contribution is -2.30. The van der Waals surface area contributed by atoms with Crippen molar-refractivity contribution in [3.63, 3.8) is 0 Å². The maximum absolute atomic E-state index is 6.13. The second kappa shape index (κ2) is 6.32. The van der Waals surface area contributed by atoms with Gasteiger partial charge in [0.2, 0.25) is 0 Å². The molecule has 18 heavy (non-hydrogen) atoms. The summed E-state index contributed by atoms with van der Waals surface area (Å²) in [5.41, 5.74) is 3.44. The Labute approximate surface area is 127 Å². The van der Waals surface area contributed by atoms with E-state index in [1.54, 1.807) is 23.6 Å². The van der Waals surface area contributed by atoms with E-state index in [4.69, 9.17) is 29.0 Å². The van der Waals surface area contributed by atoms with Gasteiger partial charge < -0.3 is 0 Å². The summed E-state index contributed by atoms with van der Waals surface area (Å²) >= 11 is 17.0. The third kappa shape index (κ3) is 3.44. The third-order valence-corrected chi connectivity index (χ3v) is 4.56. The zero-order chi connectivity index (χ0) is 13.1. The summed E-state index contributed by atoms with van der Waals surface area (Å²) in [6, 6.07) is 5.58. The molecule has 0 aliphatic heterocycles. The Morgan fingerprint density at radius 2 is 2.22 bits per heavy atom. The van der Waals surface area contributed by atoms with Gasteiger partial charge in [0.15, 0.2) is 0 Å². The van der Waals surface area contributed by atoms with Gasteiger partial charge in [-0.1, -0.05) is 23.2 Å². The fourth-order valence-electron chi connectivity index (χ4n) is 1.58. The zero-order valence-corrected chi connectivity index (χ0v) is 13.1. The summed E-state index contributed by atoms with van der Waals surface area (Å²) < 4.78 is 1.09. The Bertz CT molecular complexity index is 547. The van der Waals surface area contributed by atoms with E-state index in [0.29, 0.717) is 15.7 Å². The highest BCUT2D eigenvalue weighted by Gasteiger charge is 2.16. The number of hydrogen-bond donors (Lipinski definition) is 2. The number of hydrazine groups is 1. The van der Waals surface area contributed by atoms with Crippen LogP contribution in [0.1, 0.15) is 16.6 Å². The van der Waals surface area contributed by atoms with Crippen LogP contribution in [-0.2, 0) is 6.42 Å². The van der Waals surface area contributed by atoms with Crippen molar-refractivity contribution in [3.05, 3.63) is 48.8 Å². The summed E-state index contributed by atoms with van der Waals surface area (Å²) in [5, 5.41) is 1.03. The lowest BCUT2D eigenvalue weighted by Gasteiger charge is -2.15. The highest BCUT2D eigenvalue weighted by atomic mass is 79.9. The van der Waals surface area contributed by atoms with Crippen LogP contribution in [0.15, 0.2) is 28.2 Å². The Morgan fingerprint density at radius 1 is 1.44 bits per heavy atom. The molecule has 0 fully saturated rings. The number of thiophene rings is 1. The summed E-state index contributed by atoms with van der Waals surface area (Å²) in [6.45, 7) is 0. The molecule has 0 aromatic carbocycles. The Kier molecular flexibility index (Phi) is 5.00. The highest BCUT2D eigenvalue weighted by Crippen LogP contribution is 2.29. The van der Waals surface area contributed by atoms with Crippen LogP contribution in [0.5, 0.6) is 0 Å². The number of pyridine rings is 1. The normalized spacial score (nSPS) is 12.7. The minimum absolute atomic E-state index is 0.139. The van der Waals surface area contributed by atoms with Crippen molar-refractivity contribution in [1.82, 2.24) is 10.4 Å². The fourth-order valence-corrected chi connectivity index (χ4v) is 3.62. The molecule has 0 spiro atoms. The number of hydrogen-bond acceptors (Lipinski definition) is 4. The summed E-state index contributed by atoms with van der Waals surface area (Å²) in [7, 11) is 0. The predicted octanol–water partition coefficient (Wildman–Crippen LogP) is 3.96. The first-order chi connectivity index (χ1) is 8.60. The second-order valence-electron chi connectivity index (χ2n) is 3.65. The van der Waals surface area contributed by atoms with Gasteiger partial charge in [0, 0.05) is 17.5 Å². The van der Waals surface area contributed by atoms with Crippen LogP contribution in [-0.4, -0.2) is 4.98 Å². The van der Waals surface area contributed by atoms with Gasteiger partial charge in [0.25, 0.3) is 0 Å². The van der Waals surface area contributed by atoms with E-state index in [1.807, 2.05) is 12.1 Å². The first-order valence-corrected chi connectivity index (χ1v) is 7.48. The molecule has 3 nitrogen and oxygen atoms in total. The fraction of sp³-hybridized carbons (Fsp3) is 0.182. The molecule has 0 amide bonds. The van der Waals surface area contributed by atoms with Gasteiger partial charge in [-0.15, -0.1) is 11.3 Å². The van der Waals surface area contributed by atoms with Crippen LogP contribution < -0.4 is 11.3 Å². The van der Waals surface area contributed by atoms with Crippen molar-refractivity contribution < 1.29 is 0 Å². The van der Waals surface area contributed by atoms with Gasteiger partial charge in [-0.2, -0.15) is 0 Å². The van der Waals surface area contributed by atoms with Crippen molar-refractivity contribution in [2.45, 2.75) is 12.5 Å². The van der Waals surface area contributed by atoms with Crippen LogP contribution in [0.25, 0.3) is 0 Å². The lowest BCUT2D eigenvalue weighted by atomic mass is 10.1. The molecule has 96 valence electrons. The lowest BCUT2D eigenvalue weighted by molar-refractivity contribution is 0.542. The van der Waals surface area contributed by atoms with E-state index in [1.165, 1.54) is 4.88 Å². The van der Waals surface area contributed by atoms with Crippen molar-refractivity contribution in [1.29, 1.82) is 0 Å². The van der Waals surface area contributed by atoms with Crippen LogP contribution in [0, 0.1) is 0 Å². The molecule has 3 N–H and O–H groups in total. The molecule has 0 bridgehead atoms. The summed E-state index contributed by atoms with van der Waals surface area (Å²) in [6.07, 6.45) is 2.29. The SMILES string of the molecule is NNC(Cc1ccc(Br)s1)c1ncc(Cl)cc1Cl. The Hall–Kier alpha value is -0.170. The number of nitrogens with two attached hydrogens (primary N) is 1. The maximum Gasteiger partial charge on any atom is 0.0777 e. The van der Waals surface area contributed by atoms with Gasteiger partial charge in [0.1, 0.15) is 0 Å². The predicted molar refractivity (Wildman–Crippen MR) is 80.0 cm³/mol. The number of halogens is 3. The Balaban J connectivity index is 2.22. The number of rotatable bonds is 4. The summed E-state index contributed by atoms with van der Waals surface area (Å²) in [4.78, 5) is 5.43. The van der Waals surface area contributed by atoms with E-state index in [0.717, 1.165) is 10.2 Å². The van der Waals surface area contributed by atoms with Gasteiger partial charge in [-0.05, 0) is 34.1 Å². The molecular weight excluding hydrogens is 357 g/mol. The first-order valence-electron chi connectivity index (χ1n) is 5.11. The molecule has 7 heteroatoms. The smallest absolute Gasteiger partial charge is 0.0777 e. The number of nitrogens with zero attached hydrogens (tertiary/aromatic N) is 1. The largest absolute Gasteiger partial charge is 0.271 e. The molecular formula is C11H10BrCl2N3S. The van der Waals surface area contributed by atoms with Crippen LogP contribution in [0.4, 0.5) is 0 Å². The third-order valence-electron chi connectivity index (χ3n) is 2.40. The Morgan fingerprint density at radius 3 is 2.78 bits per heavy atom. The highest BCUT2D eigenvalue weighted by molar-refractivity contribution is 9.11. The van der Waals surface area contributed by atoms with E-state index in [2.05, 4.69) is 26.3 Å².